The van der Waals surface area contributed by atoms with Gasteiger partial charge < -0.3 is 14.2 Å². The lowest BCUT2D eigenvalue weighted by molar-refractivity contribution is 0.0187. The van der Waals surface area contributed by atoms with Crippen LogP contribution in [-0.4, -0.2) is 53.4 Å². The molecule has 0 aliphatic carbocycles. The van der Waals surface area contributed by atoms with Crippen LogP contribution in [0.2, 0.25) is 0 Å². The van der Waals surface area contributed by atoms with E-state index < -0.39 is 7.49 Å². The quantitative estimate of drug-likeness (QED) is 0.429. The van der Waals surface area contributed by atoms with Crippen molar-refractivity contribution in [2.24, 2.45) is 0 Å². The normalized spacial score (nSPS) is 11.6. The third-order valence-corrected chi connectivity index (χ3v) is 7.14. The van der Waals surface area contributed by atoms with E-state index in [0.717, 1.165) is 0 Å². The second-order valence-electron chi connectivity index (χ2n) is 5.65. The first-order valence-corrected chi connectivity index (χ1v) is 10.7. The topological polar surface area (TPSA) is 36.9 Å². The molecule has 25 heavy (non-hydrogen) atoms. The van der Waals surface area contributed by atoms with Gasteiger partial charge in [0.05, 0.1) is 39.7 Å². The van der Waals surface area contributed by atoms with E-state index in [2.05, 4.69) is 55.2 Å². The molecule has 4 nitrogen and oxygen atoms in total. The predicted octanol–water partition coefficient (Wildman–Crippen LogP) is 2.90. The summed E-state index contributed by atoms with van der Waals surface area (Å²) < 4.78 is 22.3. The summed E-state index contributed by atoms with van der Waals surface area (Å²) in [6, 6.07) is 20.9. The van der Waals surface area contributed by atoms with E-state index in [1.807, 2.05) is 12.1 Å². The summed E-state index contributed by atoms with van der Waals surface area (Å²) in [5.41, 5.74) is 0. The number of hydrogen-bond acceptors (Lipinski definition) is 4. The first-order valence-electron chi connectivity index (χ1n) is 8.54. The fraction of sp³-hybridized carbons (Fsp3) is 0.400. The minimum Gasteiger partial charge on any atom is -0.382 e. The van der Waals surface area contributed by atoms with Gasteiger partial charge in [-0.1, -0.05) is 36.4 Å². The molecule has 0 radical (unpaired) electrons. The Morgan fingerprint density at radius 2 is 1.08 bits per heavy atom. The van der Waals surface area contributed by atoms with Crippen LogP contribution in [0.15, 0.2) is 60.7 Å². The van der Waals surface area contributed by atoms with Crippen LogP contribution in [0.3, 0.4) is 0 Å². The van der Waals surface area contributed by atoms with Crippen LogP contribution in [0.25, 0.3) is 0 Å². The second kappa shape index (κ2) is 11.3. The van der Waals surface area contributed by atoms with Crippen molar-refractivity contribution in [2.45, 2.75) is 0 Å². The average molecular weight is 363 g/mol. The summed E-state index contributed by atoms with van der Waals surface area (Å²) in [6.07, 6.45) is 0. The smallest absolute Gasteiger partial charge is 0.207 e. The minimum atomic E-state index is -1.87. The van der Waals surface area contributed by atoms with Crippen LogP contribution in [0.1, 0.15) is 0 Å². The van der Waals surface area contributed by atoms with Gasteiger partial charge in [0, 0.05) is 7.11 Å². The number of hydrogen-bond donors (Lipinski definition) is 0. The molecule has 0 atom stereocenters. The first-order chi connectivity index (χ1) is 12.3. The molecule has 0 heterocycles. The summed E-state index contributed by atoms with van der Waals surface area (Å²) in [5.74, 6) is 0. The van der Waals surface area contributed by atoms with Gasteiger partial charge in [-0.05, 0) is 24.3 Å². The third kappa shape index (κ3) is 6.50. The van der Waals surface area contributed by atoms with E-state index in [-0.39, 0.29) is 0 Å². The molecule has 2 rings (SSSR count). The lowest BCUT2D eigenvalue weighted by Crippen LogP contribution is -2.24. The van der Waals surface area contributed by atoms with Crippen LogP contribution < -0.4 is 10.6 Å². The molecule has 136 valence electrons. The van der Waals surface area contributed by atoms with E-state index in [9.17, 15) is 0 Å². The standard InChI is InChI=1S/C20H28O4P/c1-21-13-14-22-15-16-23-17-18-24-25(2,19-9-5-3-6-10-19)20-11-7-4-8-12-20/h3-12H,13-18H2,1-2H3/q+1. The molecule has 0 spiro atoms. The summed E-state index contributed by atoms with van der Waals surface area (Å²) in [5, 5.41) is 2.48. The monoisotopic (exact) mass is 363 g/mol. The highest BCUT2D eigenvalue weighted by Gasteiger charge is 2.39. The third-order valence-electron chi connectivity index (χ3n) is 3.88. The zero-order valence-corrected chi connectivity index (χ0v) is 16.0. The van der Waals surface area contributed by atoms with Crippen LogP contribution >= 0.6 is 7.49 Å². The van der Waals surface area contributed by atoms with Gasteiger partial charge in [0.1, 0.15) is 17.2 Å². The van der Waals surface area contributed by atoms with Crippen molar-refractivity contribution in [2.75, 3.05) is 53.4 Å². The summed E-state index contributed by atoms with van der Waals surface area (Å²) in [6.45, 7) is 5.69. The van der Waals surface area contributed by atoms with E-state index in [4.69, 9.17) is 18.7 Å². The average Bonchev–Trinajstić information content (AvgIpc) is 2.68. The molecule has 2 aromatic rings. The lowest BCUT2D eigenvalue weighted by Gasteiger charge is -2.21. The number of rotatable bonds is 12. The highest BCUT2D eigenvalue weighted by atomic mass is 31.2. The Hall–Kier alpha value is -1.29. The number of benzene rings is 2. The predicted molar refractivity (Wildman–Crippen MR) is 104 cm³/mol. The van der Waals surface area contributed by atoms with Crippen LogP contribution in [-0.2, 0) is 18.7 Å². The zero-order chi connectivity index (χ0) is 17.8. The Bertz CT molecular complexity index is 537. The Morgan fingerprint density at radius 3 is 1.56 bits per heavy atom. The molecule has 0 saturated heterocycles. The fourth-order valence-corrected chi connectivity index (χ4v) is 4.98. The lowest BCUT2D eigenvalue weighted by atomic mass is 10.4. The fourth-order valence-electron chi connectivity index (χ4n) is 2.47. The number of methoxy groups -OCH3 is 1. The maximum atomic E-state index is 6.37. The Balaban J connectivity index is 1.84. The zero-order valence-electron chi connectivity index (χ0n) is 15.1. The molecule has 0 amide bonds. The summed E-state index contributed by atoms with van der Waals surface area (Å²) in [7, 11) is -0.209. The van der Waals surface area contributed by atoms with Gasteiger partial charge in [-0.25, -0.2) is 4.52 Å². The highest BCUT2D eigenvalue weighted by Crippen LogP contribution is 2.53. The molecule has 5 heteroatoms. The molecule has 0 aliphatic heterocycles. The molecular weight excluding hydrogens is 335 g/mol. The van der Waals surface area contributed by atoms with Gasteiger partial charge in [-0.3, -0.25) is 0 Å². The molecule has 0 bridgehead atoms. The van der Waals surface area contributed by atoms with Crippen molar-refractivity contribution < 1.29 is 18.7 Å². The van der Waals surface area contributed by atoms with E-state index in [1.54, 1.807) is 7.11 Å². The van der Waals surface area contributed by atoms with Crippen molar-refractivity contribution in [3.05, 3.63) is 60.7 Å². The first kappa shape index (κ1) is 20.0. The van der Waals surface area contributed by atoms with Gasteiger partial charge >= 0.3 is 0 Å². The van der Waals surface area contributed by atoms with Crippen molar-refractivity contribution in [3.63, 3.8) is 0 Å². The molecule has 0 N–H and O–H groups in total. The number of ether oxygens (including phenoxy) is 3. The van der Waals surface area contributed by atoms with Crippen molar-refractivity contribution >= 4 is 18.1 Å². The Morgan fingerprint density at radius 1 is 0.640 bits per heavy atom. The minimum absolute atomic E-state index is 0.558. The molecule has 2 aromatic carbocycles. The SMILES string of the molecule is COCCOCCOCCO[P+](C)(c1ccccc1)c1ccccc1. The molecule has 0 saturated carbocycles. The van der Waals surface area contributed by atoms with Crippen molar-refractivity contribution in [1.29, 1.82) is 0 Å². The van der Waals surface area contributed by atoms with Crippen LogP contribution in [0, 0.1) is 0 Å². The summed E-state index contributed by atoms with van der Waals surface area (Å²) in [4.78, 5) is 0. The highest BCUT2D eigenvalue weighted by molar-refractivity contribution is 7.84. The van der Waals surface area contributed by atoms with E-state index in [1.165, 1.54) is 10.6 Å². The van der Waals surface area contributed by atoms with Gasteiger partial charge in [0.15, 0.2) is 0 Å². The molecular formula is C20H28O4P+. The maximum absolute atomic E-state index is 6.37. The van der Waals surface area contributed by atoms with E-state index >= 15 is 0 Å². The van der Waals surface area contributed by atoms with E-state index in [0.29, 0.717) is 39.6 Å². The van der Waals surface area contributed by atoms with Crippen LogP contribution in [0.5, 0.6) is 0 Å². The van der Waals surface area contributed by atoms with Gasteiger partial charge in [0.25, 0.3) is 0 Å². The summed E-state index contributed by atoms with van der Waals surface area (Å²) >= 11 is 0. The molecule has 0 unspecified atom stereocenters. The second-order valence-corrected chi connectivity index (χ2v) is 8.79. The van der Waals surface area contributed by atoms with Crippen molar-refractivity contribution in [1.82, 2.24) is 0 Å². The molecule has 0 aromatic heterocycles. The molecule has 0 fully saturated rings. The van der Waals surface area contributed by atoms with Gasteiger partial charge in [0.2, 0.25) is 7.49 Å². The maximum Gasteiger partial charge on any atom is 0.207 e. The van der Waals surface area contributed by atoms with Gasteiger partial charge in [-0.2, -0.15) is 0 Å². The Kier molecular flexibility index (Phi) is 9.09. The van der Waals surface area contributed by atoms with Crippen LogP contribution in [0.4, 0.5) is 0 Å². The molecule has 0 aliphatic rings. The van der Waals surface area contributed by atoms with Crippen molar-refractivity contribution in [3.8, 4) is 0 Å². The Labute approximate surface area is 151 Å². The largest absolute Gasteiger partial charge is 0.382 e. The van der Waals surface area contributed by atoms with Gasteiger partial charge in [-0.15, -0.1) is 0 Å².